The Kier molecular flexibility index (Phi) is 13.6. The predicted octanol–water partition coefficient (Wildman–Crippen LogP) is 10.0. The van der Waals surface area contributed by atoms with E-state index in [9.17, 15) is 0 Å². The summed E-state index contributed by atoms with van der Waals surface area (Å²) in [7, 11) is 11.0. The summed E-state index contributed by atoms with van der Waals surface area (Å²) in [5, 5.41) is 5.41. The van der Waals surface area contributed by atoms with E-state index in [4.69, 9.17) is 17.0 Å². The molecule has 6 heteroatoms. The third-order valence-electron chi connectivity index (χ3n) is 4.48. The van der Waals surface area contributed by atoms with Crippen LogP contribution in [0.4, 0.5) is 0 Å². The van der Waals surface area contributed by atoms with Crippen LogP contribution in [0.25, 0.3) is 21.5 Å². The van der Waals surface area contributed by atoms with Gasteiger partial charge in [0.2, 0.25) is 0 Å². The van der Waals surface area contributed by atoms with Crippen LogP contribution in [0.1, 0.15) is 22.3 Å². The molecule has 0 spiro atoms. The van der Waals surface area contributed by atoms with Crippen molar-refractivity contribution in [1.82, 2.24) is 0 Å². The van der Waals surface area contributed by atoms with Crippen molar-refractivity contribution < 1.29 is 20.8 Å². The molecule has 0 aliphatic carbocycles. The van der Waals surface area contributed by atoms with Gasteiger partial charge in [-0.1, -0.05) is 82.1 Å². The Morgan fingerprint density at radius 2 is 1.03 bits per heavy atom. The molecular formula is C24H26Br2Cl2SiZr. The van der Waals surface area contributed by atoms with E-state index >= 15 is 0 Å². The molecule has 0 bridgehead atoms. The summed E-state index contributed by atoms with van der Waals surface area (Å²) in [5.41, 5.74) is 5.35. The molecule has 0 fully saturated rings. The zero-order chi connectivity index (χ0) is 22.8. The Balaban J connectivity index is 0.000000239. The summed E-state index contributed by atoms with van der Waals surface area (Å²) in [4.78, 5) is 0. The van der Waals surface area contributed by atoms with Gasteiger partial charge in [0.25, 0.3) is 0 Å². The Morgan fingerprint density at radius 3 is 1.33 bits per heavy atom. The van der Waals surface area contributed by atoms with Gasteiger partial charge in [0.15, 0.2) is 0 Å². The molecule has 4 aromatic carbocycles. The van der Waals surface area contributed by atoms with E-state index in [2.05, 4.69) is 121 Å². The van der Waals surface area contributed by atoms with Crippen LogP contribution in [-0.4, -0.2) is 9.52 Å². The summed E-state index contributed by atoms with van der Waals surface area (Å²) >= 11 is 6.23. The monoisotopic (exact) mass is 660 g/mol. The predicted molar refractivity (Wildman–Crippen MR) is 143 cm³/mol. The first kappa shape index (κ1) is 28.3. The van der Waals surface area contributed by atoms with E-state index in [1.165, 1.54) is 52.7 Å². The molecule has 0 nitrogen and oxygen atoms in total. The Hall–Kier alpha value is 0.300. The molecule has 158 valence electrons. The quantitative estimate of drug-likeness (QED) is 0.130. The van der Waals surface area contributed by atoms with E-state index in [0.717, 1.165) is 9.52 Å². The van der Waals surface area contributed by atoms with Crippen molar-refractivity contribution in [3.05, 3.63) is 79.7 Å². The first-order valence-electron chi connectivity index (χ1n) is 9.39. The van der Waals surface area contributed by atoms with E-state index in [-0.39, 0.29) is 0 Å². The molecule has 0 N–H and O–H groups in total. The minimum absolute atomic E-state index is 0.826. The van der Waals surface area contributed by atoms with Gasteiger partial charge in [-0.25, -0.2) is 0 Å². The number of hydrogen-bond donors (Lipinski definition) is 0. The second kappa shape index (κ2) is 14.4. The van der Waals surface area contributed by atoms with Crippen molar-refractivity contribution in [1.29, 1.82) is 0 Å². The topological polar surface area (TPSA) is 0 Å². The molecule has 0 saturated heterocycles. The second-order valence-corrected chi connectivity index (χ2v) is 13.4. The van der Waals surface area contributed by atoms with Gasteiger partial charge in [-0.3, -0.25) is 0 Å². The minimum atomic E-state index is -0.826. The second-order valence-electron chi connectivity index (χ2n) is 6.99. The molecule has 0 aliphatic heterocycles. The SMILES string of the molecule is C[Si]C.Cc1cc2c(C)c(Br)ccc2[cH-]1.Cc1cc2c(C)c(Br)ccc2[cH-]1.[Cl][Zr+2][Cl]. The third kappa shape index (κ3) is 8.34. The third-order valence-corrected chi connectivity index (χ3v) is 6.19. The maximum atomic E-state index is 4.93. The summed E-state index contributed by atoms with van der Waals surface area (Å²) in [6.07, 6.45) is 0. The average Bonchev–Trinajstić information content (AvgIpc) is 3.26. The average molecular weight is 664 g/mol. The summed E-state index contributed by atoms with van der Waals surface area (Å²) < 4.78 is 2.39. The van der Waals surface area contributed by atoms with E-state index in [1.54, 1.807) is 0 Å². The Morgan fingerprint density at radius 1 is 0.733 bits per heavy atom. The Labute approximate surface area is 219 Å². The van der Waals surface area contributed by atoms with Gasteiger partial charge in [0, 0.05) is 18.5 Å². The van der Waals surface area contributed by atoms with Crippen LogP contribution in [-0.2, 0) is 20.8 Å². The molecular weight excluding hydrogens is 638 g/mol. The van der Waals surface area contributed by atoms with Crippen molar-refractivity contribution in [3.63, 3.8) is 0 Å². The number of hydrogen-bond acceptors (Lipinski definition) is 0. The van der Waals surface area contributed by atoms with Crippen LogP contribution in [0.3, 0.4) is 0 Å². The first-order valence-corrected chi connectivity index (χ1v) is 19.3. The standard InChI is InChI=1S/2C11H10Br.C2H6Si.2ClH.Zr/c2*1-7-5-9-3-4-11(12)8(2)10(9)6-7;1-3-2;;;/h2*3-6H,1-2H3;1-2H3;2*1H;/q2*-1;;;;+4/p-2. The van der Waals surface area contributed by atoms with E-state index in [0.29, 0.717) is 0 Å². The molecule has 0 atom stereocenters. The zero-order valence-electron chi connectivity index (χ0n) is 18.1. The van der Waals surface area contributed by atoms with Gasteiger partial charge in [-0.05, 0) is 13.8 Å². The maximum absolute atomic E-state index is 4.93. The van der Waals surface area contributed by atoms with Crippen molar-refractivity contribution in [2.45, 2.75) is 40.8 Å². The van der Waals surface area contributed by atoms with E-state index in [1.807, 2.05) is 0 Å². The van der Waals surface area contributed by atoms with Crippen LogP contribution in [0.15, 0.2) is 57.5 Å². The molecule has 2 radical (unpaired) electrons. The van der Waals surface area contributed by atoms with Crippen molar-refractivity contribution in [2.24, 2.45) is 0 Å². The zero-order valence-corrected chi connectivity index (χ0v) is 26.3. The molecule has 0 unspecified atom stereocenters. The molecule has 4 rings (SSSR count). The van der Waals surface area contributed by atoms with Crippen LogP contribution < -0.4 is 0 Å². The van der Waals surface area contributed by atoms with Gasteiger partial charge < -0.3 is 0 Å². The van der Waals surface area contributed by atoms with Crippen molar-refractivity contribution >= 4 is 80.0 Å². The van der Waals surface area contributed by atoms with Crippen LogP contribution in [0, 0.1) is 27.7 Å². The van der Waals surface area contributed by atoms with Gasteiger partial charge in [0.05, 0.1) is 0 Å². The van der Waals surface area contributed by atoms with Gasteiger partial charge in [0.1, 0.15) is 0 Å². The van der Waals surface area contributed by atoms with Gasteiger partial charge in [-0.2, -0.15) is 12.1 Å². The van der Waals surface area contributed by atoms with Gasteiger partial charge in [-0.15, -0.1) is 56.9 Å². The molecule has 0 aromatic heterocycles. The van der Waals surface area contributed by atoms with Crippen molar-refractivity contribution in [3.8, 4) is 0 Å². The molecule has 0 amide bonds. The summed E-state index contributed by atoms with van der Waals surface area (Å²) in [6, 6.07) is 17.4. The first-order chi connectivity index (χ1) is 14.2. The number of fused-ring (bicyclic) bond motifs is 2. The fourth-order valence-electron chi connectivity index (χ4n) is 3.11. The summed E-state index contributed by atoms with van der Waals surface area (Å²) in [5.74, 6) is 0. The molecule has 0 heterocycles. The normalized spacial score (nSPS) is 9.67. The fraction of sp³-hybridized carbons (Fsp3) is 0.250. The van der Waals surface area contributed by atoms with E-state index < -0.39 is 20.8 Å². The van der Waals surface area contributed by atoms with Crippen LogP contribution in [0.5, 0.6) is 0 Å². The number of benzene rings is 2. The number of rotatable bonds is 0. The van der Waals surface area contributed by atoms with Crippen molar-refractivity contribution in [2.75, 3.05) is 0 Å². The van der Waals surface area contributed by atoms with Crippen LogP contribution in [0.2, 0.25) is 13.1 Å². The van der Waals surface area contributed by atoms with Crippen LogP contribution >= 0.6 is 48.9 Å². The Bertz CT molecular complexity index is 984. The molecule has 4 aromatic rings. The fourth-order valence-corrected chi connectivity index (χ4v) is 3.80. The number of aryl methyl sites for hydroxylation is 4. The molecule has 30 heavy (non-hydrogen) atoms. The summed E-state index contributed by atoms with van der Waals surface area (Å²) in [6.45, 7) is 12.9. The van der Waals surface area contributed by atoms with Gasteiger partial charge >= 0.3 is 37.9 Å². The number of halogens is 4. The molecule has 0 saturated carbocycles. The molecule has 0 aliphatic rings.